The van der Waals surface area contributed by atoms with Crippen LogP contribution in [0.4, 0.5) is 4.39 Å². The van der Waals surface area contributed by atoms with Gasteiger partial charge in [-0.2, -0.15) is 0 Å². The number of ketones is 1. The van der Waals surface area contributed by atoms with E-state index in [1.165, 1.54) is 11.1 Å². The van der Waals surface area contributed by atoms with Gasteiger partial charge < -0.3 is 5.11 Å². The number of carbonyl (C=O) groups excluding carboxylic acids is 1. The predicted molar refractivity (Wildman–Crippen MR) is 87.6 cm³/mol. The molecule has 4 rings (SSSR count). The van der Waals surface area contributed by atoms with Gasteiger partial charge in [0.05, 0.1) is 5.02 Å². The maximum Gasteiger partial charge on any atom is 0.173 e. The third-order valence-electron chi connectivity index (χ3n) is 6.87. The number of carbonyl (C=O) groups is 1. The molecule has 0 saturated heterocycles. The number of halogens is 2. The normalized spacial score (nSPS) is 38.8. The largest absolute Gasteiger partial charge is 0.506 e. The van der Waals surface area contributed by atoms with Crippen molar-refractivity contribution in [2.75, 3.05) is 0 Å². The van der Waals surface area contributed by atoms with Gasteiger partial charge in [0.1, 0.15) is 5.75 Å². The first-order chi connectivity index (χ1) is 11.0. The Morgan fingerprint density at radius 1 is 1.39 bits per heavy atom. The van der Waals surface area contributed by atoms with Crippen LogP contribution in [-0.4, -0.2) is 17.1 Å². The molecule has 1 N–H and O–H groups in total. The van der Waals surface area contributed by atoms with Gasteiger partial charge in [-0.25, -0.2) is 4.39 Å². The molecule has 124 valence electrons. The van der Waals surface area contributed by atoms with Gasteiger partial charge in [-0.05, 0) is 79.5 Å². The fourth-order valence-electron chi connectivity index (χ4n) is 5.76. The summed E-state index contributed by atoms with van der Waals surface area (Å²) in [5.74, 6) is 0.871. The average Bonchev–Trinajstić information content (AvgIpc) is 2.80. The number of aryl methyl sites for hydroxylation is 1. The molecule has 1 aromatic carbocycles. The van der Waals surface area contributed by atoms with Crippen molar-refractivity contribution in [3.63, 3.8) is 0 Å². The van der Waals surface area contributed by atoms with Crippen LogP contribution < -0.4 is 0 Å². The zero-order valence-electron chi connectivity index (χ0n) is 13.3. The molecule has 0 aromatic heterocycles. The van der Waals surface area contributed by atoms with Crippen molar-refractivity contribution in [2.45, 2.75) is 57.5 Å². The Morgan fingerprint density at radius 3 is 2.91 bits per heavy atom. The van der Waals surface area contributed by atoms with Gasteiger partial charge >= 0.3 is 0 Å². The number of alkyl halides is 1. The van der Waals surface area contributed by atoms with Crippen molar-refractivity contribution < 1.29 is 14.3 Å². The standard InChI is InChI=1S/C19H22ClFO2/c1-2-19-6-5-11-12(14(19)9-16(21)18(19)23)4-3-10-7-17(22)15(20)8-13(10)11/h7-8,11-12,14,16,22H,2-6,9H2,1H3/t11-,12+,14-,16+,19-/m0/s1. The van der Waals surface area contributed by atoms with E-state index < -0.39 is 11.6 Å². The summed E-state index contributed by atoms with van der Waals surface area (Å²) in [5, 5.41) is 10.2. The Hall–Kier alpha value is -1.09. The Balaban J connectivity index is 1.75. The van der Waals surface area contributed by atoms with Crippen molar-refractivity contribution >= 4 is 17.4 Å². The number of fused-ring (bicyclic) bond motifs is 5. The number of phenolic OH excluding ortho intramolecular Hbond substituents is 1. The van der Waals surface area contributed by atoms with Crippen LogP contribution in [0.15, 0.2) is 12.1 Å². The molecule has 1 aromatic rings. The van der Waals surface area contributed by atoms with E-state index in [1.54, 1.807) is 6.07 Å². The highest BCUT2D eigenvalue weighted by Gasteiger charge is 2.59. The van der Waals surface area contributed by atoms with E-state index >= 15 is 0 Å². The minimum Gasteiger partial charge on any atom is -0.506 e. The van der Waals surface area contributed by atoms with Crippen molar-refractivity contribution in [2.24, 2.45) is 17.3 Å². The number of phenols is 1. The summed E-state index contributed by atoms with van der Waals surface area (Å²) in [5.41, 5.74) is 1.94. The molecule has 0 heterocycles. The van der Waals surface area contributed by atoms with Gasteiger partial charge in [0.2, 0.25) is 0 Å². The van der Waals surface area contributed by atoms with E-state index in [2.05, 4.69) is 0 Å². The van der Waals surface area contributed by atoms with Crippen LogP contribution in [0, 0.1) is 17.3 Å². The fraction of sp³-hybridized carbons (Fsp3) is 0.632. The number of hydrogen-bond donors (Lipinski definition) is 1. The molecule has 3 aliphatic rings. The quantitative estimate of drug-likeness (QED) is 0.799. The molecule has 2 saturated carbocycles. The fourth-order valence-corrected chi connectivity index (χ4v) is 5.93. The van der Waals surface area contributed by atoms with Gasteiger partial charge in [-0.1, -0.05) is 18.5 Å². The maximum atomic E-state index is 14.2. The topological polar surface area (TPSA) is 37.3 Å². The molecule has 0 amide bonds. The third-order valence-corrected chi connectivity index (χ3v) is 7.17. The number of rotatable bonds is 1. The molecule has 3 aliphatic carbocycles. The molecule has 2 fully saturated rings. The van der Waals surface area contributed by atoms with E-state index in [0.29, 0.717) is 23.3 Å². The first-order valence-corrected chi connectivity index (χ1v) is 9.05. The molecule has 0 aliphatic heterocycles. The first-order valence-electron chi connectivity index (χ1n) is 8.67. The van der Waals surface area contributed by atoms with E-state index in [9.17, 15) is 14.3 Å². The molecule has 0 unspecified atom stereocenters. The van der Waals surface area contributed by atoms with E-state index in [4.69, 9.17) is 11.6 Å². The summed E-state index contributed by atoms with van der Waals surface area (Å²) >= 11 is 6.12. The van der Waals surface area contributed by atoms with Gasteiger partial charge in [0.25, 0.3) is 0 Å². The van der Waals surface area contributed by atoms with Gasteiger partial charge in [0, 0.05) is 5.41 Å². The van der Waals surface area contributed by atoms with Crippen LogP contribution in [0.1, 0.15) is 56.1 Å². The van der Waals surface area contributed by atoms with Gasteiger partial charge in [-0.15, -0.1) is 0 Å². The summed E-state index contributed by atoms with van der Waals surface area (Å²) in [6, 6.07) is 3.68. The van der Waals surface area contributed by atoms with E-state index in [1.807, 2.05) is 13.0 Å². The van der Waals surface area contributed by atoms with Crippen molar-refractivity contribution in [3.8, 4) is 5.75 Å². The smallest absolute Gasteiger partial charge is 0.173 e. The lowest BCUT2D eigenvalue weighted by Gasteiger charge is -2.49. The second-order valence-electron chi connectivity index (χ2n) is 7.53. The number of hydrogen-bond acceptors (Lipinski definition) is 2. The number of aromatic hydroxyl groups is 1. The zero-order valence-corrected chi connectivity index (χ0v) is 14.1. The minimum atomic E-state index is -1.27. The third kappa shape index (κ3) is 2.02. The van der Waals surface area contributed by atoms with E-state index in [0.717, 1.165) is 32.1 Å². The lowest BCUT2D eigenvalue weighted by Crippen LogP contribution is -2.44. The lowest BCUT2D eigenvalue weighted by molar-refractivity contribution is -0.134. The Bertz CT molecular complexity index is 674. The summed E-state index contributed by atoms with van der Waals surface area (Å²) in [7, 11) is 0. The molecular formula is C19H22ClFO2. The average molecular weight is 337 g/mol. The van der Waals surface area contributed by atoms with Crippen LogP contribution in [0.3, 0.4) is 0 Å². The highest BCUT2D eigenvalue weighted by Crippen LogP contribution is 2.61. The molecule has 23 heavy (non-hydrogen) atoms. The molecule has 4 heteroatoms. The Labute approximate surface area is 141 Å². The monoisotopic (exact) mass is 336 g/mol. The van der Waals surface area contributed by atoms with Crippen LogP contribution in [0.5, 0.6) is 5.75 Å². The first kappa shape index (κ1) is 15.4. The highest BCUT2D eigenvalue weighted by atomic mass is 35.5. The summed E-state index contributed by atoms with van der Waals surface area (Å²) in [6.07, 6.45) is 3.43. The van der Waals surface area contributed by atoms with Gasteiger partial charge in [-0.3, -0.25) is 4.79 Å². The molecule has 2 nitrogen and oxygen atoms in total. The summed E-state index contributed by atoms with van der Waals surface area (Å²) < 4.78 is 14.2. The number of Topliss-reactive ketones (excluding diaryl/α,β-unsaturated/α-hetero) is 1. The highest BCUT2D eigenvalue weighted by molar-refractivity contribution is 6.32. The Kier molecular flexibility index (Phi) is 3.49. The summed E-state index contributed by atoms with van der Waals surface area (Å²) in [6.45, 7) is 2.04. The second kappa shape index (κ2) is 5.20. The van der Waals surface area contributed by atoms with Crippen LogP contribution >= 0.6 is 11.6 Å². The van der Waals surface area contributed by atoms with Crippen molar-refractivity contribution in [1.82, 2.24) is 0 Å². The molecule has 0 radical (unpaired) electrons. The SMILES string of the molecule is CC[C@]12CC[C@@H]3c4cc(Cl)c(O)cc4CC[C@H]3[C@@H]1C[C@@H](F)C2=O. The molecular weight excluding hydrogens is 315 g/mol. The van der Waals surface area contributed by atoms with Gasteiger partial charge in [0.15, 0.2) is 12.0 Å². The van der Waals surface area contributed by atoms with Crippen LogP contribution in [0.25, 0.3) is 0 Å². The second-order valence-corrected chi connectivity index (χ2v) is 7.94. The molecule has 0 spiro atoms. The molecule has 5 atom stereocenters. The van der Waals surface area contributed by atoms with Crippen molar-refractivity contribution in [1.29, 1.82) is 0 Å². The minimum absolute atomic E-state index is 0.141. The predicted octanol–water partition coefficient (Wildman–Crippen LogP) is 4.81. The van der Waals surface area contributed by atoms with Crippen molar-refractivity contribution in [3.05, 3.63) is 28.3 Å². The zero-order chi connectivity index (χ0) is 16.4. The lowest BCUT2D eigenvalue weighted by atomic mass is 9.54. The maximum absolute atomic E-state index is 14.2. The van der Waals surface area contributed by atoms with E-state index in [-0.39, 0.29) is 17.5 Å². The van der Waals surface area contributed by atoms with Crippen LogP contribution in [0.2, 0.25) is 5.02 Å². The molecule has 0 bridgehead atoms. The number of benzene rings is 1. The summed E-state index contributed by atoms with van der Waals surface area (Å²) in [4.78, 5) is 12.5. The van der Waals surface area contributed by atoms with Crippen LogP contribution in [-0.2, 0) is 11.2 Å². The Morgan fingerprint density at radius 2 is 2.17 bits per heavy atom.